The molecule has 2 aromatic carbocycles. The highest BCUT2D eigenvalue weighted by Crippen LogP contribution is 2.32. The molecule has 35 heavy (non-hydrogen) atoms. The second-order valence-corrected chi connectivity index (χ2v) is 8.57. The van der Waals surface area contributed by atoms with Crippen LogP contribution < -0.4 is 20.1 Å². The minimum Gasteiger partial charge on any atom is -0.486 e. The number of ether oxygens (including phenoxy) is 2. The van der Waals surface area contributed by atoms with E-state index in [1.165, 1.54) is 0 Å². The van der Waals surface area contributed by atoms with Crippen LogP contribution in [0, 0.1) is 0 Å². The molecule has 0 unspecified atom stereocenters. The van der Waals surface area contributed by atoms with Crippen LogP contribution in [0.25, 0.3) is 10.9 Å². The number of piperazine rings is 1. The first-order valence-corrected chi connectivity index (χ1v) is 11.6. The Bertz CT molecular complexity index is 1230. The third kappa shape index (κ3) is 4.86. The highest BCUT2D eigenvalue weighted by Gasteiger charge is 2.27. The largest absolute Gasteiger partial charge is 0.486 e. The van der Waals surface area contributed by atoms with Gasteiger partial charge in [-0.15, -0.1) is 0 Å². The molecule has 2 aliphatic heterocycles. The van der Waals surface area contributed by atoms with Gasteiger partial charge in [0.25, 0.3) is 5.91 Å². The molecule has 0 aliphatic carbocycles. The summed E-state index contributed by atoms with van der Waals surface area (Å²) in [5, 5.41) is 6.51. The maximum absolute atomic E-state index is 12.9. The number of fused-ring (bicyclic) bond motifs is 2. The second-order valence-electron chi connectivity index (χ2n) is 8.57. The van der Waals surface area contributed by atoms with Crippen LogP contribution in [0.5, 0.6) is 11.5 Å². The lowest BCUT2D eigenvalue weighted by Gasteiger charge is -2.35. The van der Waals surface area contributed by atoms with Crippen molar-refractivity contribution in [3.63, 3.8) is 0 Å². The number of rotatable bonds is 4. The Kier molecular flexibility index (Phi) is 6.17. The van der Waals surface area contributed by atoms with Crippen LogP contribution in [0.15, 0.2) is 48.5 Å². The average Bonchev–Trinajstić information content (AvgIpc) is 3.32. The smallest absolute Gasteiger partial charge is 0.318 e. The summed E-state index contributed by atoms with van der Waals surface area (Å²) in [7, 11) is 0. The van der Waals surface area contributed by atoms with Gasteiger partial charge < -0.3 is 34.9 Å². The summed E-state index contributed by atoms with van der Waals surface area (Å²) in [6, 6.07) is 13.7. The van der Waals surface area contributed by atoms with Gasteiger partial charge in [-0.2, -0.15) is 0 Å². The highest BCUT2D eigenvalue weighted by atomic mass is 16.6. The quantitative estimate of drug-likeness (QED) is 0.534. The lowest BCUT2D eigenvalue weighted by molar-refractivity contribution is -0.117. The fourth-order valence-corrected chi connectivity index (χ4v) is 4.19. The number of carbonyl (C=O) groups is 3. The van der Waals surface area contributed by atoms with Crippen molar-refractivity contribution in [2.24, 2.45) is 0 Å². The number of hydrogen-bond donors (Lipinski definition) is 3. The zero-order valence-electron chi connectivity index (χ0n) is 19.4. The molecule has 10 nitrogen and oxygen atoms in total. The van der Waals surface area contributed by atoms with Crippen molar-refractivity contribution in [3.05, 3.63) is 54.2 Å². The number of nitrogens with zero attached hydrogens (tertiary/aromatic N) is 2. The third-order valence-corrected chi connectivity index (χ3v) is 6.16. The van der Waals surface area contributed by atoms with E-state index in [2.05, 4.69) is 15.6 Å². The Hall–Kier alpha value is -4.21. The Morgan fingerprint density at radius 1 is 0.914 bits per heavy atom. The van der Waals surface area contributed by atoms with Gasteiger partial charge in [-0.25, -0.2) is 4.79 Å². The molecule has 5 rings (SSSR count). The van der Waals surface area contributed by atoms with Gasteiger partial charge in [0.15, 0.2) is 11.5 Å². The molecule has 0 bridgehead atoms. The van der Waals surface area contributed by atoms with E-state index in [1.54, 1.807) is 34.9 Å². The first-order chi connectivity index (χ1) is 17.0. The van der Waals surface area contributed by atoms with Crippen molar-refractivity contribution < 1.29 is 23.9 Å². The molecule has 0 spiro atoms. The van der Waals surface area contributed by atoms with Crippen LogP contribution in [0.2, 0.25) is 0 Å². The molecule has 2 aliphatic rings. The Labute approximate surface area is 202 Å². The molecule has 0 radical (unpaired) electrons. The SMILES string of the molecule is C[C@@H](NC(=O)N1CCN(C(=O)c2cc3ccccc3[nH]2)CC1)C(=O)Nc1ccc2c(c1)OCCO2. The number of aromatic amines is 1. The van der Waals surface area contributed by atoms with E-state index in [9.17, 15) is 14.4 Å². The van der Waals surface area contributed by atoms with Crippen LogP contribution in [0.4, 0.5) is 10.5 Å². The van der Waals surface area contributed by atoms with E-state index in [0.29, 0.717) is 62.3 Å². The first-order valence-electron chi connectivity index (χ1n) is 11.6. The summed E-state index contributed by atoms with van der Waals surface area (Å²) in [4.78, 5) is 44.7. The van der Waals surface area contributed by atoms with Crippen molar-refractivity contribution in [2.45, 2.75) is 13.0 Å². The lowest BCUT2D eigenvalue weighted by Crippen LogP contribution is -2.55. The van der Waals surface area contributed by atoms with E-state index in [1.807, 2.05) is 30.3 Å². The molecule has 3 N–H and O–H groups in total. The van der Waals surface area contributed by atoms with Gasteiger partial charge in [-0.1, -0.05) is 18.2 Å². The topological polar surface area (TPSA) is 116 Å². The number of para-hydroxylation sites is 1. The molecule has 3 heterocycles. The van der Waals surface area contributed by atoms with Crippen molar-refractivity contribution in [2.75, 3.05) is 44.7 Å². The highest BCUT2D eigenvalue weighted by molar-refractivity contribution is 5.98. The third-order valence-electron chi connectivity index (χ3n) is 6.16. The molecule has 1 atom stereocenters. The molecule has 182 valence electrons. The van der Waals surface area contributed by atoms with Crippen LogP contribution in [0.1, 0.15) is 17.4 Å². The number of nitrogens with one attached hydrogen (secondary N) is 3. The molecule has 4 amide bonds. The van der Waals surface area contributed by atoms with Crippen LogP contribution >= 0.6 is 0 Å². The maximum Gasteiger partial charge on any atom is 0.318 e. The molecule has 1 fully saturated rings. The van der Waals surface area contributed by atoms with Gasteiger partial charge in [-0.3, -0.25) is 9.59 Å². The Balaban J connectivity index is 1.11. The van der Waals surface area contributed by atoms with E-state index < -0.39 is 6.04 Å². The monoisotopic (exact) mass is 477 g/mol. The summed E-state index contributed by atoms with van der Waals surface area (Å²) >= 11 is 0. The average molecular weight is 478 g/mol. The summed E-state index contributed by atoms with van der Waals surface area (Å²) in [5.41, 5.74) is 2.01. The van der Waals surface area contributed by atoms with Crippen molar-refractivity contribution in [1.29, 1.82) is 0 Å². The fraction of sp³-hybridized carbons (Fsp3) is 0.320. The Morgan fingerprint density at radius 3 is 2.40 bits per heavy atom. The van der Waals surface area contributed by atoms with Gasteiger partial charge in [-0.05, 0) is 31.2 Å². The molecule has 0 saturated carbocycles. The normalized spacial score (nSPS) is 16.0. The lowest BCUT2D eigenvalue weighted by atomic mass is 10.2. The number of aromatic nitrogens is 1. The van der Waals surface area contributed by atoms with Crippen molar-refractivity contribution in [1.82, 2.24) is 20.1 Å². The summed E-state index contributed by atoms with van der Waals surface area (Å²) in [5.74, 6) is 0.777. The van der Waals surface area contributed by atoms with Gasteiger partial charge in [0.2, 0.25) is 5.91 Å². The first kappa shape index (κ1) is 22.6. The van der Waals surface area contributed by atoms with E-state index in [4.69, 9.17) is 9.47 Å². The number of hydrogen-bond acceptors (Lipinski definition) is 5. The number of urea groups is 1. The minimum atomic E-state index is -0.748. The molecule has 1 aromatic heterocycles. The second kappa shape index (κ2) is 9.57. The molecule has 3 aromatic rings. The number of anilines is 1. The number of carbonyl (C=O) groups excluding carboxylic acids is 3. The zero-order valence-corrected chi connectivity index (χ0v) is 19.4. The molecule has 1 saturated heterocycles. The number of benzene rings is 2. The van der Waals surface area contributed by atoms with Crippen molar-refractivity contribution >= 4 is 34.4 Å². The number of H-pyrrole nitrogens is 1. The summed E-state index contributed by atoms with van der Waals surface area (Å²) < 4.78 is 11.0. The van der Waals surface area contributed by atoms with Gasteiger partial charge in [0, 0.05) is 48.8 Å². The summed E-state index contributed by atoms with van der Waals surface area (Å²) in [6.07, 6.45) is 0. The van der Waals surface area contributed by atoms with Crippen LogP contribution in [-0.2, 0) is 4.79 Å². The fourth-order valence-electron chi connectivity index (χ4n) is 4.19. The zero-order chi connectivity index (χ0) is 24.4. The standard InChI is InChI=1S/C25H27N5O5/c1-16(23(31)27-18-6-7-21-22(15-18)35-13-12-34-21)26-25(33)30-10-8-29(9-11-30)24(32)20-14-17-4-2-3-5-19(17)28-20/h2-7,14-16,28H,8-13H2,1H3,(H,26,33)(H,27,31)/t16-/m1/s1. The van der Waals surface area contributed by atoms with E-state index in [0.717, 1.165) is 10.9 Å². The van der Waals surface area contributed by atoms with E-state index in [-0.39, 0.29) is 17.8 Å². The predicted octanol–water partition coefficient (Wildman–Crippen LogP) is 2.43. The maximum atomic E-state index is 12.9. The molecular weight excluding hydrogens is 450 g/mol. The molecule has 10 heteroatoms. The van der Waals surface area contributed by atoms with Crippen molar-refractivity contribution in [3.8, 4) is 11.5 Å². The number of amides is 4. The summed E-state index contributed by atoms with van der Waals surface area (Å²) in [6.45, 7) is 4.17. The van der Waals surface area contributed by atoms with Crippen LogP contribution in [0.3, 0.4) is 0 Å². The predicted molar refractivity (Wildman–Crippen MR) is 130 cm³/mol. The molecular formula is C25H27N5O5. The van der Waals surface area contributed by atoms with Gasteiger partial charge in [0.05, 0.1) is 0 Å². The Morgan fingerprint density at radius 2 is 1.63 bits per heavy atom. The minimum absolute atomic E-state index is 0.0894. The van der Waals surface area contributed by atoms with Crippen LogP contribution in [-0.4, -0.2) is 78.1 Å². The van der Waals surface area contributed by atoms with Gasteiger partial charge in [0.1, 0.15) is 24.9 Å². The van der Waals surface area contributed by atoms with E-state index >= 15 is 0 Å². The van der Waals surface area contributed by atoms with Gasteiger partial charge >= 0.3 is 6.03 Å².